The number of aromatic nitrogens is 3. The Morgan fingerprint density at radius 2 is 1.60 bits per heavy atom. The van der Waals surface area contributed by atoms with E-state index in [9.17, 15) is 4.79 Å². The molecule has 3 heterocycles. The molecule has 0 atom stereocenters. The lowest BCUT2D eigenvalue weighted by molar-refractivity contribution is 0.0240. The molecule has 2 aromatic carbocycles. The van der Waals surface area contributed by atoms with Crippen molar-refractivity contribution in [3.8, 4) is 28.3 Å². The molecule has 1 amide bonds. The van der Waals surface area contributed by atoms with Gasteiger partial charge in [-0.1, -0.05) is 42.5 Å². The van der Waals surface area contributed by atoms with Gasteiger partial charge in [0.2, 0.25) is 0 Å². The molecule has 9 nitrogen and oxygen atoms in total. The molecule has 206 valence electrons. The monoisotopic (exact) mass is 538 g/mol. The molecule has 5 rings (SSSR count). The third-order valence-electron chi connectivity index (χ3n) is 6.54. The molecule has 9 heteroatoms. The smallest absolute Gasteiger partial charge is 0.410 e. The molecule has 1 aliphatic rings. The van der Waals surface area contributed by atoms with Crippen LogP contribution < -0.4 is 15.4 Å². The van der Waals surface area contributed by atoms with Crippen molar-refractivity contribution in [2.75, 3.05) is 36.8 Å². The molecule has 0 aliphatic carbocycles. The Morgan fingerprint density at radius 3 is 2.35 bits per heavy atom. The molecular weight excluding hydrogens is 504 g/mol. The maximum Gasteiger partial charge on any atom is 0.410 e. The number of piperazine rings is 1. The molecule has 0 unspecified atom stereocenters. The van der Waals surface area contributed by atoms with Crippen molar-refractivity contribution in [1.29, 1.82) is 0 Å². The van der Waals surface area contributed by atoms with E-state index in [-0.39, 0.29) is 6.09 Å². The molecule has 0 saturated carbocycles. The Balaban J connectivity index is 1.34. The van der Waals surface area contributed by atoms with Crippen LogP contribution in [0.1, 0.15) is 26.3 Å². The number of amides is 1. The quantitative estimate of drug-likeness (QED) is 0.347. The molecule has 1 fully saturated rings. The molecule has 1 saturated heterocycles. The van der Waals surface area contributed by atoms with Crippen molar-refractivity contribution >= 4 is 17.6 Å². The summed E-state index contributed by atoms with van der Waals surface area (Å²) in [5.41, 5.74) is 10.7. The van der Waals surface area contributed by atoms with Crippen LogP contribution in [-0.4, -0.2) is 58.0 Å². The summed E-state index contributed by atoms with van der Waals surface area (Å²) in [7, 11) is 0. The number of hydrogen-bond donors (Lipinski definition) is 1. The fraction of sp³-hybridized carbons (Fsp3) is 0.290. The Hall–Kier alpha value is -4.66. The molecular formula is C31H34N6O3. The number of carbonyl (C=O) groups excluding carboxylic acids is 1. The van der Waals surface area contributed by atoms with Crippen molar-refractivity contribution in [2.24, 2.45) is 0 Å². The fourth-order valence-electron chi connectivity index (χ4n) is 4.51. The molecule has 1 aliphatic heterocycles. The van der Waals surface area contributed by atoms with Gasteiger partial charge in [0, 0.05) is 49.2 Å². The summed E-state index contributed by atoms with van der Waals surface area (Å²) in [4.78, 5) is 21.0. The summed E-state index contributed by atoms with van der Waals surface area (Å²) in [6.45, 7) is 8.60. The van der Waals surface area contributed by atoms with Crippen LogP contribution in [0.25, 0.3) is 22.5 Å². The molecule has 40 heavy (non-hydrogen) atoms. The minimum absolute atomic E-state index is 0.279. The van der Waals surface area contributed by atoms with Gasteiger partial charge in [-0.15, -0.1) is 10.2 Å². The van der Waals surface area contributed by atoms with Crippen LogP contribution >= 0.6 is 0 Å². The molecule has 0 bridgehead atoms. The predicted octanol–water partition coefficient (Wildman–Crippen LogP) is 5.42. The van der Waals surface area contributed by atoms with Gasteiger partial charge in [0.05, 0.1) is 11.4 Å². The van der Waals surface area contributed by atoms with Gasteiger partial charge in [0.1, 0.15) is 18.0 Å². The zero-order valence-corrected chi connectivity index (χ0v) is 23.1. The van der Waals surface area contributed by atoms with Crippen LogP contribution in [-0.2, 0) is 11.3 Å². The van der Waals surface area contributed by atoms with Gasteiger partial charge in [-0.3, -0.25) is 4.98 Å². The van der Waals surface area contributed by atoms with Gasteiger partial charge in [-0.2, -0.15) is 0 Å². The highest BCUT2D eigenvalue weighted by Gasteiger charge is 2.26. The van der Waals surface area contributed by atoms with Gasteiger partial charge < -0.3 is 25.0 Å². The number of carbonyl (C=O) groups is 1. The number of ether oxygens (including phenoxy) is 2. The normalized spacial score (nSPS) is 13.7. The van der Waals surface area contributed by atoms with Crippen LogP contribution in [0.2, 0.25) is 0 Å². The predicted molar refractivity (Wildman–Crippen MR) is 156 cm³/mol. The van der Waals surface area contributed by atoms with Crippen LogP contribution in [0, 0.1) is 0 Å². The van der Waals surface area contributed by atoms with Crippen molar-refractivity contribution in [3.63, 3.8) is 0 Å². The first-order valence-corrected chi connectivity index (χ1v) is 13.4. The highest BCUT2D eigenvalue weighted by molar-refractivity contribution is 5.78. The summed E-state index contributed by atoms with van der Waals surface area (Å²) in [6.07, 6.45) is 1.49. The Morgan fingerprint density at radius 1 is 0.875 bits per heavy atom. The van der Waals surface area contributed by atoms with Gasteiger partial charge in [-0.05, 0) is 56.7 Å². The lowest BCUT2D eigenvalue weighted by Crippen LogP contribution is -2.50. The lowest BCUT2D eigenvalue weighted by atomic mass is 10.1. The van der Waals surface area contributed by atoms with E-state index in [1.165, 1.54) is 0 Å². The average Bonchev–Trinajstić information content (AvgIpc) is 2.96. The van der Waals surface area contributed by atoms with Gasteiger partial charge in [0.25, 0.3) is 0 Å². The van der Waals surface area contributed by atoms with E-state index < -0.39 is 5.60 Å². The van der Waals surface area contributed by atoms with E-state index in [2.05, 4.69) is 20.1 Å². The summed E-state index contributed by atoms with van der Waals surface area (Å²) in [5, 5.41) is 8.62. The SMILES string of the molecule is CC(C)(C)OC(=O)N1CCN(c2ccnc(-c3cc(-c4ccccc4OCc4ccccc4)nnc3N)c2)CC1. The van der Waals surface area contributed by atoms with Gasteiger partial charge in [0.15, 0.2) is 5.82 Å². The van der Waals surface area contributed by atoms with Crippen molar-refractivity contribution in [3.05, 3.63) is 84.6 Å². The largest absolute Gasteiger partial charge is 0.488 e. The van der Waals surface area contributed by atoms with Crippen LogP contribution in [0.15, 0.2) is 79.0 Å². The Bertz CT molecular complexity index is 1460. The number of nitrogens with two attached hydrogens (primary N) is 1. The first kappa shape index (κ1) is 26.9. The van der Waals surface area contributed by atoms with Gasteiger partial charge >= 0.3 is 6.09 Å². The number of anilines is 2. The highest BCUT2D eigenvalue weighted by atomic mass is 16.6. The van der Waals surface area contributed by atoms with Crippen LogP contribution in [0.4, 0.5) is 16.3 Å². The summed E-state index contributed by atoms with van der Waals surface area (Å²) in [6, 6.07) is 23.6. The van der Waals surface area contributed by atoms with E-state index in [0.717, 1.165) is 16.8 Å². The Labute approximate surface area is 234 Å². The van der Waals surface area contributed by atoms with E-state index >= 15 is 0 Å². The third kappa shape index (κ3) is 6.48. The molecule has 0 spiro atoms. The highest BCUT2D eigenvalue weighted by Crippen LogP contribution is 2.33. The van der Waals surface area contributed by atoms with Crippen LogP contribution in [0.3, 0.4) is 0 Å². The van der Waals surface area contributed by atoms with E-state index in [4.69, 9.17) is 15.2 Å². The molecule has 2 aromatic heterocycles. The number of nitrogens with zero attached hydrogens (tertiary/aromatic N) is 5. The number of para-hydroxylation sites is 1. The fourth-order valence-corrected chi connectivity index (χ4v) is 4.51. The minimum Gasteiger partial charge on any atom is -0.488 e. The summed E-state index contributed by atoms with van der Waals surface area (Å²) >= 11 is 0. The van der Waals surface area contributed by atoms with Crippen molar-refractivity contribution in [2.45, 2.75) is 33.0 Å². The lowest BCUT2D eigenvalue weighted by Gasteiger charge is -2.36. The zero-order valence-electron chi connectivity index (χ0n) is 23.1. The topological polar surface area (TPSA) is 107 Å². The minimum atomic E-state index is -0.514. The second-order valence-electron chi connectivity index (χ2n) is 10.7. The third-order valence-corrected chi connectivity index (χ3v) is 6.54. The number of rotatable bonds is 6. The van der Waals surface area contributed by atoms with Crippen LogP contribution in [0.5, 0.6) is 5.75 Å². The second-order valence-corrected chi connectivity index (χ2v) is 10.7. The first-order valence-electron chi connectivity index (χ1n) is 13.4. The number of benzene rings is 2. The van der Waals surface area contributed by atoms with E-state index in [1.54, 1.807) is 11.1 Å². The molecule has 2 N–H and O–H groups in total. The number of hydrogen-bond acceptors (Lipinski definition) is 8. The average molecular weight is 539 g/mol. The van der Waals surface area contributed by atoms with E-state index in [1.807, 2.05) is 93.6 Å². The zero-order chi connectivity index (χ0) is 28.1. The second kappa shape index (κ2) is 11.6. The number of nitrogen functional groups attached to an aromatic ring is 1. The maximum absolute atomic E-state index is 12.5. The standard InChI is InChI=1S/C31H34N6O3/c1-31(2,3)40-30(38)37-17-15-36(16-18-37)23-13-14-33-26(19-23)25-20-27(34-35-29(25)32)24-11-7-8-12-28(24)39-21-22-9-5-4-6-10-22/h4-14,19-20H,15-18,21H2,1-3H3,(H2,32,35). The molecule has 4 aromatic rings. The number of pyridine rings is 1. The van der Waals surface area contributed by atoms with E-state index in [0.29, 0.717) is 61.3 Å². The van der Waals surface area contributed by atoms with Crippen molar-refractivity contribution in [1.82, 2.24) is 20.1 Å². The van der Waals surface area contributed by atoms with Crippen molar-refractivity contribution < 1.29 is 14.3 Å². The first-order chi connectivity index (χ1) is 19.3. The van der Waals surface area contributed by atoms with Gasteiger partial charge in [-0.25, -0.2) is 4.79 Å². The summed E-state index contributed by atoms with van der Waals surface area (Å²) < 4.78 is 11.7. The Kier molecular flexibility index (Phi) is 7.82. The molecule has 0 radical (unpaired) electrons. The maximum atomic E-state index is 12.5. The summed E-state index contributed by atoms with van der Waals surface area (Å²) in [5.74, 6) is 1.01.